The van der Waals surface area contributed by atoms with Crippen LogP contribution in [0.5, 0.6) is 0 Å². The molecule has 1 heterocycles. The fourth-order valence-corrected chi connectivity index (χ4v) is 2.05. The monoisotopic (exact) mass is 239 g/mol. The number of H-pyrrole nitrogens is 1. The third-order valence-corrected chi connectivity index (χ3v) is 2.92. The average Bonchev–Trinajstić information content (AvgIpc) is 2.64. The number of sulfonamides is 1. The zero-order valence-electron chi connectivity index (χ0n) is 8.08. The number of primary sulfonamides is 1. The fraction of sp³-hybridized carbons (Fsp3) is 0. The van der Waals surface area contributed by atoms with Crippen LogP contribution in [0.25, 0.3) is 11.4 Å². The second-order valence-electron chi connectivity index (χ2n) is 3.08. The summed E-state index contributed by atoms with van der Waals surface area (Å²) in [6.07, 6.45) is 0. The molecule has 7 nitrogen and oxygen atoms in total. The van der Waals surface area contributed by atoms with Gasteiger partial charge in [-0.1, -0.05) is 12.1 Å². The predicted molar refractivity (Wildman–Crippen MR) is 57.6 cm³/mol. The first-order valence-electron chi connectivity index (χ1n) is 4.28. The van der Waals surface area contributed by atoms with Crippen LogP contribution >= 0.6 is 0 Å². The summed E-state index contributed by atoms with van der Waals surface area (Å²) in [7, 11) is -3.80. The largest absolute Gasteiger partial charge is 0.366 e. The maximum Gasteiger partial charge on any atom is 0.239 e. The molecule has 8 heteroatoms. The molecule has 0 fully saturated rings. The van der Waals surface area contributed by atoms with Gasteiger partial charge in [0, 0.05) is 5.56 Å². The summed E-state index contributed by atoms with van der Waals surface area (Å²) in [5.41, 5.74) is 5.68. The number of nitrogen functional groups attached to an aromatic ring is 1. The number of anilines is 1. The van der Waals surface area contributed by atoms with Crippen molar-refractivity contribution in [2.24, 2.45) is 5.14 Å². The summed E-state index contributed by atoms with van der Waals surface area (Å²) in [4.78, 5) is 3.82. The highest BCUT2D eigenvalue weighted by Crippen LogP contribution is 2.23. The third-order valence-electron chi connectivity index (χ3n) is 1.95. The summed E-state index contributed by atoms with van der Waals surface area (Å²) >= 11 is 0. The second kappa shape index (κ2) is 3.58. The molecule has 5 N–H and O–H groups in total. The maximum atomic E-state index is 11.3. The average molecular weight is 239 g/mol. The Hall–Kier alpha value is -1.93. The van der Waals surface area contributed by atoms with E-state index >= 15 is 0 Å². The van der Waals surface area contributed by atoms with Gasteiger partial charge in [0.25, 0.3) is 0 Å². The highest BCUT2D eigenvalue weighted by atomic mass is 32.2. The van der Waals surface area contributed by atoms with E-state index in [4.69, 9.17) is 10.9 Å². The number of nitrogens with one attached hydrogen (secondary N) is 1. The van der Waals surface area contributed by atoms with E-state index in [0.29, 0.717) is 5.56 Å². The smallest absolute Gasteiger partial charge is 0.239 e. The van der Waals surface area contributed by atoms with Gasteiger partial charge in [0.2, 0.25) is 16.0 Å². The Morgan fingerprint density at radius 3 is 2.50 bits per heavy atom. The minimum atomic E-state index is -3.80. The predicted octanol–water partition coefficient (Wildman–Crippen LogP) is -0.299. The van der Waals surface area contributed by atoms with Crippen LogP contribution in [0.2, 0.25) is 0 Å². The molecule has 16 heavy (non-hydrogen) atoms. The van der Waals surface area contributed by atoms with Crippen molar-refractivity contribution < 1.29 is 8.42 Å². The van der Waals surface area contributed by atoms with Crippen molar-refractivity contribution in [2.45, 2.75) is 4.90 Å². The lowest BCUT2D eigenvalue weighted by atomic mass is 10.2. The van der Waals surface area contributed by atoms with Crippen molar-refractivity contribution in [1.29, 1.82) is 0 Å². The van der Waals surface area contributed by atoms with E-state index < -0.39 is 10.0 Å². The zero-order chi connectivity index (χ0) is 11.8. The summed E-state index contributed by atoms with van der Waals surface area (Å²) in [6.45, 7) is 0. The molecule has 0 aliphatic heterocycles. The molecule has 1 aromatic heterocycles. The molecular formula is C8H9N5O2S. The van der Waals surface area contributed by atoms with Gasteiger partial charge in [-0.25, -0.2) is 13.6 Å². The molecule has 0 spiro atoms. The first-order chi connectivity index (χ1) is 7.48. The van der Waals surface area contributed by atoms with Gasteiger partial charge in [-0.3, -0.25) is 5.10 Å². The molecule has 84 valence electrons. The third kappa shape index (κ3) is 1.88. The number of benzene rings is 1. The number of hydrogen-bond donors (Lipinski definition) is 3. The van der Waals surface area contributed by atoms with Crippen LogP contribution in [0, 0.1) is 0 Å². The lowest BCUT2D eigenvalue weighted by Gasteiger charge is -2.03. The number of hydrogen-bond acceptors (Lipinski definition) is 5. The van der Waals surface area contributed by atoms with Gasteiger partial charge in [-0.2, -0.15) is 4.98 Å². The van der Waals surface area contributed by atoms with E-state index in [0.717, 1.165) is 0 Å². The molecule has 0 unspecified atom stereocenters. The quantitative estimate of drug-likeness (QED) is 0.662. The van der Waals surface area contributed by atoms with Crippen molar-refractivity contribution in [2.75, 3.05) is 5.73 Å². The van der Waals surface area contributed by atoms with Gasteiger partial charge >= 0.3 is 0 Å². The Labute approximate surface area is 91.5 Å². The fourth-order valence-electron chi connectivity index (χ4n) is 1.31. The molecule has 0 aliphatic rings. The minimum absolute atomic E-state index is 0.0221. The molecule has 0 saturated heterocycles. The van der Waals surface area contributed by atoms with Crippen LogP contribution in [-0.4, -0.2) is 23.6 Å². The van der Waals surface area contributed by atoms with Gasteiger partial charge in [-0.15, -0.1) is 5.10 Å². The minimum Gasteiger partial charge on any atom is -0.366 e. The van der Waals surface area contributed by atoms with Crippen LogP contribution in [0.15, 0.2) is 29.2 Å². The first kappa shape index (κ1) is 10.6. The topological polar surface area (TPSA) is 128 Å². The molecule has 0 saturated carbocycles. The van der Waals surface area contributed by atoms with E-state index in [2.05, 4.69) is 15.2 Å². The summed E-state index contributed by atoms with van der Waals surface area (Å²) in [5, 5.41) is 11.2. The first-order valence-corrected chi connectivity index (χ1v) is 5.83. The van der Waals surface area contributed by atoms with E-state index in [1.165, 1.54) is 6.07 Å². The molecule has 1 aromatic carbocycles. The molecule has 2 rings (SSSR count). The Kier molecular flexibility index (Phi) is 2.37. The molecule has 0 atom stereocenters. The number of aromatic nitrogens is 3. The summed E-state index contributed by atoms with van der Waals surface area (Å²) < 4.78 is 22.6. The van der Waals surface area contributed by atoms with Crippen molar-refractivity contribution in [3.8, 4) is 11.4 Å². The molecular weight excluding hydrogens is 230 g/mol. The van der Waals surface area contributed by atoms with Crippen molar-refractivity contribution in [1.82, 2.24) is 15.2 Å². The van der Waals surface area contributed by atoms with E-state index in [1.54, 1.807) is 18.2 Å². The Bertz CT molecular complexity index is 619. The van der Waals surface area contributed by atoms with Crippen LogP contribution in [0.4, 0.5) is 5.95 Å². The molecule has 0 amide bonds. The normalized spacial score (nSPS) is 11.6. The van der Waals surface area contributed by atoms with Gasteiger partial charge in [-0.05, 0) is 12.1 Å². The molecule has 0 aliphatic carbocycles. The molecule has 0 bridgehead atoms. The Morgan fingerprint density at radius 2 is 1.94 bits per heavy atom. The van der Waals surface area contributed by atoms with Crippen LogP contribution in [-0.2, 0) is 10.0 Å². The Morgan fingerprint density at radius 1 is 1.25 bits per heavy atom. The van der Waals surface area contributed by atoms with Crippen molar-refractivity contribution >= 4 is 16.0 Å². The van der Waals surface area contributed by atoms with Crippen LogP contribution < -0.4 is 10.9 Å². The number of rotatable bonds is 2. The van der Waals surface area contributed by atoms with Gasteiger partial charge in [0.15, 0.2) is 5.82 Å². The lowest BCUT2D eigenvalue weighted by molar-refractivity contribution is 0.598. The molecule has 2 aromatic rings. The standard InChI is InChI=1S/C8H9N5O2S/c9-8-11-7(12-13-8)5-3-1-2-4-6(5)16(10,14)15/h1-4H,(H2,10,14,15)(H3,9,11,12,13). The number of aromatic amines is 1. The van der Waals surface area contributed by atoms with Gasteiger partial charge < -0.3 is 5.73 Å². The van der Waals surface area contributed by atoms with Gasteiger partial charge in [0.1, 0.15) is 0 Å². The Balaban J connectivity index is 2.66. The van der Waals surface area contributed by atoms with Crippen molar-refractivity contribution in [3.05, 3.63) is 24.3 Å². The van der Waals surface area contributed by atoms with Gasteiger partial charge in [0.05, 0.1) is 4.90 Å². The second-order valence-corrected chi connectivity index (χ2v) is 4.61. The van der Waals surface area contributed by atoms with Crippen LogP contribution in [0.3, 0.4) is 0 Å². The zero-order valence-corrected chi connectivity index (χ0v) is 8.90. The highest BCUT2D eigenvalue weighted by Gasteiger charge is 2.16. The number of nitrogens with zero attached hydrogens (tertiary/aromatic N) is 2. The molecule has 0 radical (unpaired) electrons. The van der Waals surface area contributed by atoms with E-state index in [9.17, 15) is 8.42 Å². The van der Waals surface area contributed by atoms with Crippen molar-refractivity contribution in [3.63, 3.8) is 0 Å². The summed E-state index contributed by atoms with van der Waals surface area (Å²) in [5.74, 6) is 0.307. The lowest BCUT2D eigenvalue weighted by Crippen LogP contribution is -2.13. The summed E-state index contributed by atoms with van der Waals surface area (Å²) in [6, 6.07) is 6.20. The van der Waals surface area contributed by atoms with E-state index in [1.807, 2.05) is 0 Å². The number of nitrogens with two attached hydrogens (primary N) is 2. The maximum absolute atomic E-state index is 11.3. The van der Waals surface area contributed by atoms with E-state index in [-0.39, 0.29) is 16.7 Å². The van der Waals surface area contributed by atoms with Crippen LogP contribution in [0.1, 0.15) is 0 Å². The SMILES string of the molecule is Nc1n[nH]c(-c2ccccc2S(N)(=O)=O)n1. The highest BCUT2D eigenvalue weighted by molar-refractivity contribution is 7.89.